The molecule has 2 atom stereocenters. The summed E-state index contributed by atoms with van der Waals surface area (Å²) < 4.78 is 5.14. The molecule has 2 saturated heterocycles. The van der Waals surface area contributed by atoms with Gasteiger partial charge in [-0.25, -0.2) is 0 Å². The summed E-state index contributed by atoms with van der Waals surface area (Å²) in [4.78, 5) is 0. The van der Waals surface area contributed by atoms with Crippen LogP contribution < -0.4 is 0 Å². The van der Waals surface area contributed by atoms with Gasteiger partial charge in [-0.15, -0.1) is 24.4 Å². The normalized spacial score (nSPS) is 57.0. The van der Waals surface area contributed by atoms with E-state index in [9.17, 15) is 0 Å². The first kappa shape index (κ1) is 4.53. The third-order valence-corrected chi connectivity index (χ3v) is 3.34. The molecule has 0 bridgehead atoms. The van der Waals surface area contributed by atoms with Gasteiger partial charge in [-0.05, 0) is 12.2 Å². The smallest absolute Gasteiger partial charge is 0.184 e. The second-order valence-corrected chi connectivity index (χ2v) is 4.14. The van der Waals surface area contributed by atoms with Crippen LogP contribution >= 0.6 is 24.4 Å². The van der Waals surface area contributed by atoms with Gasteiger partial charge in [0.1, 0.15) is 6.10 Å². The van der Waals surface area contributed by atoms with E-state index in [-0.39, 0.29) is 4.27 Å². The molecule has 2 fully saturated rings. The van der Waals surface area contributed by atoms with Gasteiger partial charge in [-0.2, -0.15) is 0 Å². The standard InChI is InChI=1S/C4H6OS2/c6-4-3(5-4)1-2-7-4/h3,6H,1-2H2. The third kappa shape index (κ3) is 0.521. The fourth-order valence-corrected chi connectivity index (χ4v) is 2.49. The zero-order valence-electron chi connectivity index (χ0n) is 3.76. The number of epoxide rings is 1. The quantitative estimate of drug-likeness (QED) is 0.393. The highest BCUT2D eigenvalue weighted by Crippen LogP contribution is 2.57. The predicted molar refractivity (Wildman–Crippen MR) is 33.7 cm³/mol. The lowest BCUT2D eigenvalue weighted by atomic mass is 10.4. The van der Waals surface area contributed by atoms with Crippen LogP contribution in [0, 0.1) is 0 Å². The minimum absolute atomic E-state index is 0.0278. The molecule has 1 nitrogen and oxygen atoms in total. The molecule has 0 radical (unpaired) electrons. The van der Waals surface area contributed by atoms with Gasteiger partial charge in [-0.3, -0.25) is 0 Å². The molecular weight excluding hydrogens is 128 g/mol. The molecule has 2 aliphatic heterocycles. The zero-order valence-corrected chi connectivity index (χ0v) is 5.47. The average Bonchev–Trinajstić information content (AvgIpc) is 2.09. The Bertz CT molecular complexity index is 104. The first-order chi connectivity index (χ1) is 3.31. The highest BCUT2D eigenvalue weighted by atomic mass is 32.2. The lowest BCUT2D eigenvalue weighted by molar-refractivity contribution is 0.382. The summed E-state index contributed by atoms with van der Waals surface area (Å²) in [6.45, 7) is 0. The van der Waals surface area contributed by atoms with E-state index in [1.807, 2.05) is 11.8 Å². The second-order valence-electron chi connectivity index (χ2n) is 1.87. The predicted octanol–water partition coefficient (Wildman–Crippen LogP) is 1.11. The van der Waals surface area contributed by atoms with Crippen LogP contribution in [0.5, 0.6) is 0 Å². The van der Waals surface area contributed by atoms with Crippen molar-refractivity contribution in [2.45, 2.75) is 16.8 Å². The van der Waals surface area contributed by atoms with E-state index in [4.69, 9.17) is 4.74 Å². The summed E-state index contributed by atoms with van der Waals surface area (Å²) in [5, 5.41) is 0. The maximum atomic E-state index is 5.17. The molecule has 0 amide bonds. The van der Waals surface area contributed by atoms with Crippen molar-refractivity contribution in [1.82, 2.24) is 0 Å². The van der Waals surface area contributed by atoms with E-state index in [2.05, 4.69) is 12.6 Å². The number of thiol groups is 1. The first-order valence-corrected chi connectivity index (χ1v) is 3.79. The fourth-order valence-electron chi connectivity index (χ4n) is 0.850. The summed E-state index contributed by atoms with van der Waals surface area (Å²) in [6, 6.07) is 0. The van der Waals surface area contributed by atoms with E-state index < -0.39 is 0 Å². The summed E-state index contributed by atoms with van der Waals surface area (Å²) in [5.74, 6) is 1.23. The molecule has 0 saturated carbocycles. The SMILES string of the molecule is SC12OC1CCS2. The van der Waals surface area contributed by atoms with Gasteiger partial charge >= 0.3 is 0 Å². The summed E-state index contributed by atoms with van der Waals surface area (Å²) >= 11 is 6.08. The summed E-state index contributed by atoms with van der Waals surface area (Å²) in [6.07, 6.45) is 1.69. The average molecular weight is 134 g/mol. The van der Waals surface area contributed by atoms with Crippen LogP contribution in [0.2, 0.25) is 0 Å². The van der Waals surface area contributed by atoms with Gasteiger partial charge in [0.25, 0.3) is 0 Å². The van der Waals surface area contributed by atoms with Crippen LogP contribution in [0.3, 0.4) is 0 Å². The van der Waals surface area contributed by atoms with Gasteiger partial charge in [0.2, 0.25) is 0 Å². The van der Waals surface area contributed by atoms with E-state index in [1.54, 1.807) is 0 Å². The number of rotatable bonds is 0. The molecule has 2 aliphatic rings. The van der Waals surface area contributed by atoms with E-state index in [0.717, 1.165) is 0 Å². The van der Waals surface area contributed by atoms with Crippen LogP contribution in [0.25, 0.3) is 0 Å². The lowest BCUT2D eigenvalue weighted by Gasteiger charge is -1.92. The van der Waals surface area contributed by atoms with Crippen molar-refractivity contribution in [3.8, 4) is 0 Å². The molecule has 7 heavy (non-hydrogen) atoms. The Morgan fingerprint density at radius 2 is 2.71 bits per heavy atom. The summed E-state index contributed by atoms with van der Waals surface area (Å²) in [5.41, 5.74) is 0. The maximum Gasteiger partial charge on any atom is 0.184 e. The van der Waals surface area contributed by atoms with Crippen molar-refractivity contribution >= 4 is 24.4 Å². The molecule has 0 aromatic heterocycles. The molecule has 2 heterocycles. The van der Waals surface area contributed by atoms with Crippen LogP contribution in [-0.2, 0) is 4.74 Å². The Labute approximate surface area is 52.2 Å². The maximum absolute atomic E-state index is 5.17. The van der Waals surface area contributed by atoms with Gasteiger partial charge in [0.05, 0.1) is 0 Å². The fraction of sp³-hybridized carbons (Fsp3) is 1.00. The highest BCUT2D eigenvalue weighted by molar-refractivity contribution is 8.12. The molecule has 2 rings (SSSR count). The van der Waals surface area contributed by atoms with Crippen molar-refractivity contribution in [2.24, 2.45) is 0 Å². The first-order valence-electron chi connectivity index (χ1n) is 2.35. The molecular formula is C4H6OS2. The third-order valence-electron chi connectivity index (χ3n) is 1.35. The highest BCUT2D eigenvalue weighted by Gasteiger charge is 2.57. The number of ether oxygens (including phenoxy) is 1. The molecule has 40 valence electrons. The van der Waals surface area contributed by atoms with Gasteiger partial charge < -0.3 is 4.74 Å². The minimum Gasteiger partial charge on any atom is -0.344 e. The molecule has 0 spiro atoms. The van der Waals surface area contributed by atoms with Gasteiger partial charge in [0, 0.05) is 0 Å². The monoisotopic (exact) mass is 134 g/mol. The Kier molecular flexibility index (Phi) is 0.740. The number of fused-ring (bicyclic) bond motifs is 1. The summed E-state index contributed by atoms with van der Waals surface area (Å²) in [7, 11) is 0. The molecule has 0 aromatic carbocycles. The van der Waals surface area contributed by atoms with Crippen LogP contribution in [-0.4, -0.2) is 16.1 Å². The minimum atomic E-state index is -0.0278. The van der Waals surface area contributed by atoms with Crippen LogP contribution in [0.1, 0.15) is 6.42 Å². The zero-order chi connectivity index (χ0) is 4.91. The molecule has 0 aromatic rings. The number of thioether (sulfide) groups is 1. The topological polar surface area (TPSA) is 12.5 Å². The molecule has 0 N–H and O–H groups in total. The van der Waals surface area contributed by atoms with Crippen molar-refractivity contribution in [3.05, 3.63) is 0 Å². The number of hydrogen-bond donors (Lipinski definition) is 1. The number of hydrogen-bond acceptors (Lipinski definition) is 3. The van der Waals surface area contributed by atoms with Gasteiger partial charge in [0.15, 0.2) is 4.27 Å². The Morgan fingerprint density at radius 1 is 1.86 bits per heavy atom. The lowest BCUT2D eigenvalue weighted by Crippen LogP contribution is -1.87. The van der Waals surface area contributed by atoms with Gasteiger partial charge in [-0.1, -0.05) is 0 Å². The Morgan fingerprint density at radius 3 is 2.86 bits per heavy atom. The molecule has 2 unspecified atom stereocenters. The van der Waals surface area contributed by atoms with E-state index in [0.29, 0.717) is 6.10 Å². The van der Waals surface area contributed by atoms with E-state index >= 15 is 0 Å². The molecule has 0 aliphatic carbocycles. The second kappa shape index (κ2) is 1.14. The van der Waals surface area contributed by atoms with Crippen LogP contribution in [0.4, 0.5) is 0 Å². The Hall–Kier alpha value is 0.660. The molecule has 3 heteroatoms. The van der Waals surface area contributed by atoms with Crippen LogP contribution in [0.15, 0.2) is 0 Å². The van der Waals surface area contributed by atoms with E-state index in [1.165, 1.54) is 12.2 Å². The van der Waals surface area contributed by atoms with Crippen molar-refractivity contribution < 1.29 is 4.74 Å². The largest absolute Gasteiger partial charge is 0.344 e. The Balaban J connectivity index is 2.17. The van der Waals surface area contributed by atoms with Crippen molar-refractivity contribution in [2.75, 3.05) is 5.75 Å². The van der Waals surface area contributed by atoms with Crippen molar-refractivity contribution in [3.63, 3.8) is 0 Å². The van der Waals surface area contributed by atoms with Crippen molar-refractivity contribution in [1.29, 1.82) is 0 Å².